The minimum atomic E-state index is -1.74. The summed E-state index contributed by atoms with van der Waals surface area (Å²) in [4.78, 5) is 0. The SMILES string of the molecule is COc1ccc2c3c1O[C@H]1C([Si](C)(C)C)=C([Si](C)(C)C)C=C(C[C@H]2O)[C@@]31CCO. The van der Waals surface area contributed by atoms with Gasteiger partial charge >= 0.3 is 0 Å². The second-order valence-electron chi connectivity index (χ2n) is 10.7. The number of aliphatic hydroxyl groups is 2. The number of hydrogen-bond acceptors (Lipinski definition) is 4. The Morgan fingerprint density at radius 3 is 2.38 bits per heavy atom. The lowest BCUT2D eigenvalue weighted by Gasteiger charge is -2.49. The molecule has 3 aliphatic rings. The maximum atomic E-state index is 11.0. The quantitative estimate of drug-likeness (QED) is 0.675. The smallest absolute Gasteiger partial charge is 0.166 e. The zero-order chi connectivity index (χ0) is 21.4. The molecule has 1 heterocycles. The van der Waals surface area contributed by atoms with Crippen molar-refractivity contribution >= 4 is 16.1 Å². The van der Waals surface area contributed by atoms with Crippen LogP contribution in [0.25, 0.3) is 0 Å². The van der Waals surface area contributed by atoms with E-state index in [2.05, 4.69) is 45.4 Å². The molecule has 1 aliphatic heterocycles. The Kier molecular flexibility index (Phi) is 4.74. The molecular formula is C23H34O4Si2. The van der Waals surface area contributed by atoms with Crippen LogP contribution in [0, 0.1) is 0 Å². The normalized spacial score (nSPS) is 28.1. The van der Waals surface area contributed by atoms with Gasteiger partial charge in [-0.15, -0.1) is 0 Å². The highest BCUT2D eigenvalue weighted by atomic mass is 28.3. The van der Waals surface area contributed by atoms with Gasteiger partial charge in [0.15, 0.2) is 11.5 Å². The van der Waals surface area contributed by atoms with Gasteiger partial charge < -0.3 is 19.7 Å². The van der Waals surface area contributed by atoms with Gasteiger partial charge in [-0.05, 0) is 29.7 Å². The molecule has 2 aliphatic carbocycles. The summed E-state index contributed by atoms with van der Waals surface area (Å²) < 4.78 is 12.5. The van der Waals surface area contributed by atoms with Crippen molar-refractivity contribution in [2.24, 2.45) is 0 Å². The summed E-state index contributed by atoms with van der Waals surface area (Å²) in [6.07, 6.45) is 2.95. The molecule has 29 heavy (non-hydrogen) atoms. The van der Waals surface area contributed by atoms with E-state index in [9.17, 15) is 10.2 Å². The Morgan fingerprint density at radius 1 is 1.14 bits per heavy atom. The van der Waals surface area contributed by atoms with Crippen molar-refractivity contribution < 1.29 is 19.7 Å². The highest BCUT2D eigenvalue weighted by Gasteiger charge is 2.60. The van der Waals surface area contributed by atoms with Crippen LogP contribution in [0.5, 0.6) is 11.5 Å². The fourth-order valence-electron chi connectivity index (χ4n) is 5.67. The van der Waals surface area contributed by atoms with Crippen LogP contribution in [-0.4, -0.2) is 46.2 Å². The molecule has 0 bridgehead atoms. The van der Waals surface area contributed by atoms with E-state index in [4.69, 9.17) is 9.47 Å². The molecule has 0 aromatic heterocycles. The monoisotopic (exact) mass is 430 g/mol. The molecule has 0 unspecified atom stereocenters. The molecule has 0 radical (unpaired) electrons. The average molecular weight is 431 g/mol. The third kappa shape index (κ3) is 2.83. The summed E-state index contributed by atoms with van der Waals surface area (Å²) >= 11 is 0. The Labute approximate surface area is 176 Å². The number of rotatable bonds is 5. The van der Waals surface area contributed by atoms with Crippen molar-refractivity contribution in [2.75, 3.05) is 13.7 Å². The third-order valence-corrected chi connectivity index (χ3v) is 11.3. The lowest BCUT2D eigenvalue weighted by molar-refractivity contribution is 0.127. The molecule has 0 spiro atoms. The summed E-state index contributed by atoms with van der Waals surface area (Å²) in [6.45, 7) is 14.5. The lowest BCUT2D eigenvalue weighted by atomic mass is 9.60. The van der Waals surface area contributed by atoms with Gasteiger partial charge in [0.2, 0.25) is 0 Å². The topological polar surface area (TPSA) is 58.9 Å². The van der Waals surface area contributed by atoms with Crippen LogP contribution in [-0.2, 0) is 5.41 Å². The molecule has 0 fully saturated rings. The van der Waals surface area contributed by atoms with Gasteiger partial charge in [0, 0.05) is 12.2 Å². The summed E-state index contributed by atoms with van der Waals surface area (Å²) in [6, 6.07) is 3.89. The standard InChI is InChI=1S/C23H34O4Si2/c1-26-17-9-8-15-16(25)12-14-13-18(28(2,3)4)21(29(5,6)7)22-23(14,10-11-24)19(15)20(17)27-22/h8-9,13,16,22,24-25H,10-12H2,1-7H3/t16-,22+,23+/m1/s1. The minimum absolute atomic E-state index is 0.0879. The number of hydrogen-bond donors (Lipinski definition) is 2. The molecule has 6 heteroatoms. The Morgan fingerprint density at radius 2 is 1.83 bits per heavy atom. The summed E-state index contributed by atoms with van der Waals surface area (Å²) in [5.41, 5.74) is 2.81. The minimum Gasteiger partial charge on any atom is -0.493 e. The van der Waals surface area contributed by atoms with E-state index in [1.54, 1.807) is 7.11 Å². The van der Waals surface area contributed by atoms with Crippen LogP contribution in [0.15, 0.2) is 34.2 Å². The molecule has 4 rings (SSSR count). The predicted octanol–water partition coefficient (Wildman–Crippen LogP) is 4.50. The van der Waals surface area contributed by atoms with Gasteiger partial charge in [-0.2, -0.15) is 0 Å². The van der Waals surface area contributed by atoms with E-state index in [1.807, 2.05) is 12.1 Å². The van der Waals surface area contributed by atoms with Gasteiger partial charge in [0.1, 0.15) is 6.10 Å². The van der Waals surface area contributed by atoms with Crippen molar-refractivity contribution in [3.63, 3.8) is 0 Å². The molecular weight excluding hydrogens is 396 g/mol. The molecule has 0 saturated heterocycles. The van der Waals surface area contributed by atoms with Crippen molar-refractivity contribution in [1.29, 1.82) is 0 Å². The summed E-state index contributed by atoms with van der Waals surface area (Å²) in [7, 11) is -1.72. The number of ether oxygens (including phenoxy) is 2. The fourth-order valence-corrected chi connectivity index (χ4v) is 11.4. The first kappa shape index (κ1) is 20.9. The first-order valence-corrected chi connectivity index (χ1v) is 17.6. The zero-order valence-electron chi connectivity index (χ0n) is 18.7. The van der Waals surface area contributed by atoms with Gasteiger partial charge in [0.05, 0.1) is 34.8 Å². The lowest BCUT2D eigenvalue weighted by Crippen LogP contribution is -2.53. The third-order valence-electron chi connectivity index (χ3n) is 6.84. The Hall–Kier alpha value is -1.35. The fraction of sp³-hybridized carbons (Fsp3) is 0.565. The van der Waals surface area contributed by atoms with Crippen molar-refractivity contribution in [2.45, 2.75) is 69.7 Å². The molecule has 1 aromatic rings. The van der Waals surface area contributed by atoms with Gasteiger partial charge in [0.25, 0.3) is 0 Å². The first-order chi connectivity index (χ1) is 13.5. The van der Waals surface area contributed by atoms with Crippen LogP contribution in [0.1, 0.15) is 30.1 Å². The van der Waals surface area contributed by atoms with E-state index < -0.39 is 27.7 Å². The number of aliphatic hydroxyl groups excluding tert-OH is 2. The van der Waals surface area contributed by atoms with Gasteiger partial charge in [-0.25, -0.2) is 0 Å². The zero-order valence-corrected chi connectivity index (χ0v) is 20.7. The Bertz CT molecular complexity index is 920. The van der Waals surface area contributed by atoms with Crippen LogP contribution in [0.2, 0.25) is 39.3 Å². The maximum absolute atomic E-state index is 11.0. The van der Waals surface area contributed by atoms with Crippen LogP contribution in [0.3, 0.4) is 0 Å². The summed E-state index contributed by atoms with van der Waals surface area (Å²) in [5, 5.41) is 24.1. The van der Waals surface area contributed by atoms with Crippen molar-refractivity contribution in [1.82, 2.24) is 0 Å². The molecule has 0 saturated carbocycles. The van der Waals surface area contributed by atoms with E-state index in [0.29, 0.717) is 18.6 Å². The van der Waals surface area contributed by atoms with Crippen molar-refractivity contribution in [3.05, 3.63) is 45.3 Å². The van der Waals surface area contributed by atoms with Crippen molar-refractivity contribution in [3.8, 4) is 11.5 Å². The molecule has 2 N–H and O–H groups in total. The van der Waals surface area contributed by atoms with Gasteiger partial charge in [-0.3, -0.25) is 0 Å². The second kappa shape index (κ2) is 6.57. The predicted molar refractivity (Wildman–Crippen MR) is 122 cm³/mol. The van der Waals surface area contributed by atoms with Crippen LogP contribution < -0.4 is 9.47 Å². The number of allylic oxidation sites excluding steroid dienone is 2. The van der Waals surface area contributed by atoms with Crippen LogP contribution in [0.4, 0.5) is 0 Å². The van der Waals surface area contributed by atoms with E-state index >= 15 is 0 Å². The molecule has 1 aromatic carbocycles. The number of methoxy groups -OCH3 is 1. The largest absolute Gasteiger partial charge is 0.493 e. The maximum Gasteiger partial charge on any atom is 0.166 e. The molecule has 3 atom stereocenters. The second-order valence-corrected chi connectivity index (χ2v) is 20.8. The molecule has 0 amide bonds. The highest BCUT2D eigenvalue weighted by molar-refractivity contribution is 6.90. The van der Waals surface area contributed by atoms with Crippen LogP contribution >= 0.6 is 0 Å². The number of benzene rings is 1. The van der Waals surface area contributed by atoms with E-state index in [0.717, 1.165) is 16.9 Å². The highest BCUT2D eigenvalue weighted by Crippen LogP contribution is 2.63. The average Bonchev–Trinajstić information content (AvgIpc) is 2.94. The molecule has 4 nitrogen and oxygen atoms in total. The van der Waals surface area contributed by atoms with Gasteiger partial charge in [-0.1, -0.05) is 62.2 Å². The Balaban J connectivity index is 2.11. The summed E-state index contributed by atoms with van der Waals surface area (Å²) in [5.74, 6) is 1.48. The van der Waals surface area contributed by atoms with E-state index in [1.165, 1.54) is 16.0 Å². The van der Waals surface area contributed by atoms with E-state index in [-0.39, 0.29) is 12.7 Å². The molecule has 158 valence electrons. The first-order valence-electron chi connectivity index (χ1n) is 10.6.